The molecule has 1 rings (SSSR count). The van der Waals surface area contributed by atoms with E-state index in [0.29, 0.717) is 11.8 Å². The van der Waals surface area contributed by atoms with Crippen molar-refractivity contribution in [2.45, 2.75) is 25.7 Å². The molecule has 0 aromatic heterocycles. The number of rotatable bonds is 6. The van der Waals surface area contributed by atoms with Crippen molar-refractivity contribution in [1.82, 2.24) is 0 Å². The molecule has 0 aliphatic heterocycles. The molecule has 1 aromatic rings. The Morgan fingerprint density at radius 1 is 1.31 bits per heavy atom. The standard InChI is InChI=1S/C14H21ClO/c1-4-14(11-15,12(2)10-16-3)13-8-6-5-7-9-13/h5-9,12H,4,10-11H2,1-3H3. The van der Waals surface area contributed by atoms with Crippen LogP contribution in [0, 0.1) is 5.92 Å². The number of methoxy groups -OCH3 is 1. The van der Waals surface area contributed by atoms with E-state index in [1.807, 2.05) is 6.07 Å². The molecular formula is C14H21ClO. The van der Waals surface area contributed by atoms with E-state index in [1.54, 1.807) is 7.11 Å². The van der Waals surface area contributed by atoms with Crippen LogP contribution < -0.4 is 0 Å². The van der Waals surface area contributed by atoms with Gasteiger partial charge in [-0.2, -0.15) is 0 Å². The van der Waals surface area contributed by atoms with Crippen LogP contribution in [0.2, 0.25) is 0 Å². The lowest BCUT2D eigenvalue weighted by molar-refractivity contribution is 0.118. The summed E-state index contributed by atoms with van der Waals surface area (Å²) in [7, 11) is 1.75. The summed E-state index contributed by atoms with van der Waals surface area (Å²) in [5.74, 6) is 1.06. The number of hydrogen-bond acceptors (Lipinski definition) is 1. The third-order valence-corrected chi connectivity index (χ3v) is 4.05. The highest BCUT2D eigenvalue weighted by atomic mass is 35.5. The molecule has 1 aromatic carbocycles. The second-order valence-electron chi connectivity index (χ2n) is 4.37. The van der Waals surface area contributed by atoms with Crippen LogP contribution in [0.5, 0.6) is 0 Å². The normalized spacial score (nSPS) is 16.8. The zero-order valence-corrected chi connectivity index (χ0v) is 11.1. The molecule has 0 radical (unpaired) electrons. The summed E-state index contributed by atoms with van der Waals surface area (Å²) < 4.78 is 5.28. The van der Waals surface area contributed by atoms with E-state index in [2.05, 4.69) is 38.1 Å². The summed E-state index contributed by atoms with van der Waals surface area (Å²) >= 11 is 6.23. The van der Waals surface area contributed by atoms with Crippen LogP contribution >= 0.6 is 11.6 Å². The Balaban J connectivity index is 3.05. The molecule has 0 heterocycles. The molecule has 90 valence electrons. The summed E-state index contributed by atoms with van der Waals surface area (Å²) in [6, 6.07) is 10.5. The Hall–Kier alpha value is -0.530. The number of halogens is 1. The molecule has 0 N–H and O–H groups in total. The van der Waals surface area contributed by atoms with E-state index < -0.39 is 0 Å². The number of ether oxygens (including phenoxy) is 1. The molecule has 2 atom stereocenters. The van der Waals surface area contributed by atoms with Crippen LogP contribution in [0.25, 0.3) is 0 Å². The summed E-state index contributed by atoms with van der Waals surface area (Å²) in [4.78, 5) is 0. The van der Waals surface area contributed by atoms with Crippen molar-refractivity contribution in [2.24, 2.45) is 5.92 Å². The van der Waals surface area contributed by atoms with E-state index in [0.717, 1.165) is 13.0 Å². The van der Waals surface area contributed by atoms with Gasteiger partial charge >= 0.3 is 0 Å². The zero-order chi connectivity index (χ0) is 12.0. The maximum absolute atomic E-state index is 6.23. The van der Waals surface area contributed by atoms with Crippen molar-refractivity contribution in [1.29, 1.82) is 0 Å². The van der Waals surface area contributed by atoms with Crippen LogP contribution in [0.1, 0.15) is 25.8 Å². The average molecular weight is 241 g/mol. The highest BCUT2D eigenvalue weighted by Gasteiger charge is 2.35. The topological polar surface area (TPSA) is 9.23 Å². The van der Waals surface area contributed by atoms with Crippen molar-refractivity contribution in [3.05, 3.63) is 35.9 Å². The van der Waals surface area contributed by atoms with Crippen molar-refractivity contribution >= 4 is 11.6 Å². The number of alkyl halides is 1. The van der Waals surface area contributed by atoms with Gasteiger partial charge in [-0.3, -0.25) is 0 Å². The molecule has 0 amide bonds. The first kappa shape index (κ1) is 13.5. The second-order valence-corrected chi connectivity index (χ2v) is 4.63. The van der Waals surface area contributed by atoms with Gasteiger partial charge in [0.05, 0.1) is 0 Å². The second kappa shape index (κ2) is 6.27. The lowest BCUT2D eigenvalue weighted by atomic mass is 9.71. The first-order valence-corrected chi connectivity index (χ1v) is 6.35. The minimum Gasteiger partial charge on any atom is -0.384 e. The summed E-state index contributed by atoms with van der Waals surface area (Å²) in [6.07, 6.45) is 1.03. The molecule has 0 aliphatic carbocycles. The van der Waals surface area contributed by atoms with Gasteiger partial charge in [-0.1, -0.05) is 44.2 Å². The molecule has 2 unspecified atom stereocenters. The van der Waals surface area contributed by atoms with Crippen LogP contribution in [-0.2, 0) is 10.2 Å². The highest BCUT2D eigenvalue weighted by Crippen LogP contribution is 2.37. The highest BCUT2D eigenvalue weighted by molar-refractivity contribution is 6.18. The van der Waals surface area contributed by atoms with Gasteiger partial charge in [-0.05, 0) is 17.9 Å². The van der Waals surface area contributed by atoms with Gasteiger partial charge in [-0.15, -0.1) is 11.6 Å². The fourth-order valence-corrected chi connectivity index (χ4v) is 2.93. The first-order chi connectivity index (χ1) is 7.71. The molecule has 2 heteroatoms. The van der Waals surface area contributed by atoms with Crippen LogP contribution in [0.15, 0.2) is 30.3 Å². The van der Waals surface area contributed by atoms with E-state index >= 15 is 0 Å². The van der Waals surface area contributed by atoms with Gasteiger partial charge in [-0.25, -0.2) is 0 Å². The van der Waals surface area contributed by atoms with E-state index in [9.17, 15) is 0 Å². The zero-order valence-electron chi connectivity index (χ0n) is 10.4. The quantitative estimate of drug-likeness (QED) is 0.687. The molecule has 0 aliphatic rings. The Morgan fingerprint density at radius 3 is 2.38 bits per heavy atom. The van der Waals surface area contributed by atoms with Gasteiger partial charge in [0.2, 0.25) is 0 Å². The number of hydrogen-bond donors (Lipinski definition) is 0. The molecule has 0 saturated carbocycles. The largest absolute Gasteiger partial charge is 0.384 e. The van der Waals surface area contributed by atoms with E-state index in [1.165, 1.54) is 5.56 Å². The molecular weight excluding hydrogens is 220 g/mol. The van der Waals surface area contributed by atoms with E-state index in [4.69, 9.17) is 16.3 Å². The SMILES string of the molecule is CCC(CCl)(c1ccccc1)C(C)COC. The minimum atomic E-state index is 0.0266. The lowest BCUT2D eigenvalue weighted by Gasteiger charge is -2.37. The molecule has 0 saturated heterocycles. The Labute approximate surface area is 104 Å². The summed E-state index contributed by atoms with van der Waals surface area (Å²) in [6.45, 7) is 5.15. The third kappa shape index (κ3) is 2.58. The number of benzene rings is 1. The monoisotopic (exact) mass is 240 g/mol. The van der Waals surface area contributed by atoms with E-state index in [-0.39, 0.29) is 5.41 Å². The Bertz CT molecular complexity index is 293. The Morgan fingerprint density at radius 2 is 1.94 bits per heavy atom. The van der Waals surface area contributed by atoms with Gasteiger partial charge in [0, 0.05) is 25.0 Å². The maximum Gasteiger partial charge on any atom is 0.0496 e. The molecule has 0 fully saturated rings. The Kier molecular flexibility index (Phi) is 5.30. The first-order valence-electron chi connectivity index (χ1n) is 5.81. The van der Waals surface area contributed by atoms with Gasteiger partial charge in [0.15, 0.2) is 0 Å². The molecule has 1 nitrogen and oxygen atoms in total. The molecule has 16 heavy (non-hydrogen) atoms. The predicted molar refractivity (Wildman–Crippen MR) is 70.2 cm³/mol. The summed E-state index contributed by atoms with van der Waals surface area (Å²) in [5.41, 5.74) is 1.34. The fourth-order valence-electron chi connectivity index (χ4n) is 2.32. The molecule has 0 bridgehead atoms. The van der Waals surface area contributed by atoms with Gasteiger partial charge in [0.25, 0.3) is 0 Å². The predicted octanol–water partition coefficient (Wildman–Crippen LogP) is 3.86. The molecule has 0 spiro atoms. The van der Waals surface area contributed by atoms with Crippen LogP contribution in [0.4, 0.5) is 0 Å². The average Bonchev–Trinajstić information content (AvgIpc) is 2.33. The van der Waals surface area contributed by atoms with Crippen molar-refractivity contribution in [3.63, 3.8) is 0 Å². The van der Waals surface area contributed by atoms with Crippen molar-refractivity contribution < 1.29 is 4.74 Å². The van der Waals surface area contributed by atoms with Crippen molar-refractivity contribution in [2.75, 3.05) is 19.6 Å². The lowest BCUT2D eigenvalue weighted by Crippen LogP contribution is -2.37. The van der Waals surface area contributed by atoms with Gasteiger partial charge in [0.1, 0.15) is 0 Å². The van der Waals surface area contributed by atoms with Crippen LogP contribution in [0.3, 0.4) is 0 Å². The minimum absolute atomic E-state index is 0.0266. The maximum atomic E-state index is 6.23. The third-order valence-electron chi connectivity index (χ3n) is 3.58. The van der Waals surface area contributed by atoms with Crippen molar-refractivity contribution in [3.8, 4) is 0 Å². The fraction of sp³-hybridized carbons (Fsp3) is 0.571. The smallest absolute Gasteiger partial charge is 0.0496 e. The summed E-state index contributed by atoms with van der Waals surface area (Å²) in [5, 5.41) is 0. The van der Waals surface area contributed by atoms with Gasteiger partial charge < -0.3 is 4.74 Å². The van der Waals surface area contributed by atoms with Crippen LogP contribution in [-0.4, -0.2) is 19.6 Å².